The van der Waals surface area contributed by atoms with Gasteiger partial charge in [0.1, 0.15) is 5.82 Å². The van der Waals surface area contributed by atoms with Gasteiger partial charge in [-0.2, -0.15) is 0 Å². The standard InChI is InChI=1S/C19H30N4O2/c24-19(23-10-3-15(4-11-23)18-21-8-9-22-18)16-5-12-25-17(16)13-14-1-6-20-7-2-14/h8-9,14-17,20H,1-7,10-13H2,(H,21,22)/t16-,17-/m1/s1. The van der Waals surface area contributed by atoms with Gasteiger partial charge in [-0.05, 0) is 57.5 Å². The monoisotopic (exact) mass is 346 g/mol. The van der Waals surface area contributed by atoms with Crippen molar-refractivity contribution in [3.05, 3.63) is 18.2 Å². The summed E-state index contributed by atoms with van der Waals surface area (Å²) in [6, 6.07) is 0. The van der Waals surface area contributed by atoms with Gasteiger partial charge >= 0.3 is 0 Å². The van der Waals surface area contributed by atoms with Crippen LogP contribution < -0.4 is 5.32 Å². The summed E-state index contributed by atoms with van der Waals surface area (Å²) in [5, 5.41) is 3.42. The molecule has 0 aliphatic carbocycles. The van der Waals surface area contributed by atoms with Crippen LogP contribution in [0.3, 0.4) is 0 Å². The molecule has 3 fully saturated rings. The number of hydrogen-bond acceptors (Lipinski definition) is 4. The summed E-state index contributed by atoms with van der Waals surface area (Å²) in [6.45, 7) is 4.66. The summed E-state index contributed by atoms with van der Waals surface area (Å²) < 4.78 is 5.98. The molecule has 4 rings (SSSR count). The molecule has 3 saturated heterocycles. The largest absolute Gasteiger partial charge is 0.377 e. The predicted molar refractivity (Wildman–Crippen MR) is 95.2 cm³/mol. The van der Waals surface area contributed by atoms with Crippen LogP contribution in [0.2, 0.25) is 0 Å². The van der Waals surface area contributed by atoms with Crippen molar-refractivity contribution in [3.63, 3.8) is 0 Å². The Balaban J connectivity index is 1.31. The molecule has 138 valence electrons. The topological polar surface area (TPSA) is 70.2 Å². The summed E-state index contributed by atoms with van der Waals surface area (Å²) in [7, 11) is 0. The number of carbonyl (C=O) groups is 1. The normalized spacial score (nSPS) is 29.2. The molecule has 1 aromatic rings. The molecular formula is C19H30N4O2. The highest BCUT2D eigenvalue weighted by Crippen LogP contribution is 2.33. The number of aromatic amines is 1. The number of amides is 1. The van der Waals surface area contributed by atoms with Crippen molar-refractivity contribution in [2.45, 2.75) is 50.5 Å². The number of rotatable bonds is 4. The third-order valence-electron chi connectivity index (χ3n) is 6.26. The fraction of sp³-hybridized carbons (Fsp3) is 0.789. The molecule has 0 spiro atoms. The number of ether oxygens (including phenoxy) is 1. The molecule has 6 heteroatoms. The minimum absolute atomic E-state index is 0.0787. The highest BCUT2D eigenvalue weighted by atomic mass is 16.5. The third kappa shape index (κ3) is 3.90. The Labute approximate surface area is 149 Å². The molecule has 0 bridgehead atoms. The van der Waals surface area contributed by atoms with E-state index in [-0.39, 0.29) is 12.0 Å². The molecule has 4 heterocycles. The summed E-state index contributed by atoms with van der Waals surface area (Å²) >= 11 is 0. The molecular weight excluding hydrogens is 316 g/mol. The first-order valence-corrected chi connectivity index (χ1v) is 9.91. The van der Waals surface area contributed by atoms with Crippen LogP contribution in [0.15, 0.2) is 12.4 Å². The Hall–Kier alpha value is -1.40. The van der Waals surface area contributed by atoms with Gasteiger partial charge < -0.3 is 19.9 Å². The molecule has 2 atom stereocenters. The van der Waals surface area contributed by atoms with Gasteiger partial charge in [-0.3, -0.25) is 4.79 Å². The van der Waals surface area contributed by atoms with Gasteiger partial charge in [0.15, 0.2) is 0 Å². The van der Waals surface area contributed by atoms with Crippen LogP contribution in [-0.4, -0.2) is 59.7 Å². The van der Waals surface area contributed by atoms with E-state index in [0.717, 1.165) is 64.3 Å². The van der Waals surface area contributed by atoms with Crippen LogP contribution in [-0.2, 0) is 9.53 Å². The Morgan fingerprint density at radius 3 is 2.72 bits per heavy atom. The molecule has 1 aromatic heterocycles. The molecule has 0 saturated carbocycles. The van der Waals surface area contributed by atoms with Gasteiger partial charge in [-0.15, -0.1) is 0 Å². The number of likely N-dealkylation sites (tertiary alicyclic amines) is 1. The maximum absolute atomic E-state index is 13.1. The molecule has 1 amide bonds. The Kier molecular flexibility index (Phi) is 5.36. The van der Waals surface area contributed by atoms with Crippen molar-refractivity contribution in [1.82, 2.24) is 20.2 Å². The Bertz CT molecular complexity index is 548. The number of nitrogens with one attached hydrogen (secondary N) is 2. The first-order chi connectivity index (χ1) is 12.3. The smallest absolute Gasteiger partial charge is 0.228 e. The highest BCUT2D eigenvalue weighted by Gasteiger charge is 2.39. The highest BCUT2D eigenvalue weighted by molar-refractivity contribution is 5.79. The van der Waals surface area contributed by atoms with E-state index in [4.69, 9.17) is 4.74 Å². The fourth-order valence-corrected chi connectivity index (χ4v) is 4.72. The zero-order valence-electron chi connectivity index (χ0n) is 15.0. The first kappa shape index (κ1) is 17.0. The van der Waals surface area contributed by atoms with E-state index < -0.39 is 0 Å². The number of carbonyl (C=O) groups excluding carboxylic acids is 1. The number of hydrogen-bond donors (Lipinski definition) is 2. The van der Waals surface area contributed by atoms with E-state index in [1.54, 1.807) is 0 Å². The zero-order chi connectivity index (χ0) is 17.1. The quantitative estimate of drug-likeness (QED) is 0.874. The lowest BCUT2D eigenvalue weighted by Gasteiger charge is -2.34. The second-order valence-corrected chi connectivity index (χ2v) is 7.81. The lowest BCUT2D eigenvalue weighted by atomic mass is 9.86. The molecule has 6 nitrogen and oxygen atoms in total. The maximum atomic E-state index is 13.1. The Morgan fingerprint density at radius 1 is 1.20 bits per heavy atom. The van der Waals surface area contributed by atoms with Gasteiger partial charge in [-0.1, -0.05) is 0 Å². The van der Waals surface area contributed by atoms with Crippen LogP contribution >= 0.6 is 0 Å². The van der Waals surface area contributed by atoms with E-state index >= 15 is 0 Å². The molecule has 0 radical (unpaired) electrons. The van der Waals surface area contributed by atoms with Gasteiger partial charge in [-0.25, -0.2) is 4.98 Å². The molecule has 25 heavy (non-hydrogen) atoms. The third-order valence-corrected chi connectivity index (χ3v) is 6.26. The SMILES string of the molecule is O=C([C@@H]1CCO[C@@H]1CC1CCNCC1)N1CCC(c2ncc[nH]2)CC1. The molecule has 3 aliphatic rings. The van der Waals surface area contributed by atoms with Crippen molar-refractivity contribution in [1.29, 1.82) is 0 Å². The van der Waals surface area contributed by atoms with E-state index in [0.29, 0.717) is 17.7 Å². The molecule has 3 aliphatic heterocycles. The lowest BCUT2D eigenvalue weighted by Crippen LogP contribution is -2.44. The summed E-state index contributed by atoms with van der Waals surface area (Å²) in [4.78, 5) is 22.7. The van der Waals surface area contributed by atoms with Crippen molar-refractivity contribution in [2.24, 2.45) is 11.8 Å². The first-order valence-electron chi connectivity index (χ1n) is 9.91. The maximum Gasteiger partial charge on any atom is 0.228 e. The van der Waals surface area contributed by atoms with Gasteiger partial charge in [0, 0.05) is 38.0 Å². The van der Waals surface area contributed by atoms with E-state index in [2.05, 4.69) is 20.2 Å². The van der Waals surface area contributed by atoms with Crippen LogP contribution in [0, 0.1) is 11.8 Å². The van der Waals surface area contributed by atoms with E-state index in [9.17, 15) is 4.79 Å². The van der Waals surface area contributed by atoms with Crippen molar-refractivity contribution < 1.29 is 9.53 Å². The second-order valence-electron chi connectivity index (χ2n) is 7.81. The molecule has 0 unspecified atom stereocenters. The van der Waals surface area contributed by atoms with Crippen LogP contribution in [0.5, 0.6) is 0 Å². The minimum atomic E-state index is 0.0787. The second kappa shape index (κ2) is 7.87. The number of nitrogens with zero attached hydrogens (tertiary/aromatic N) is 2. The minimum Gasteiger partial charge on any atom is -0.377 e. The van der Waals surface area contributed by atoms with Crippen molar-refractivity contribution >= 4 is 5.91 Å². The van der Waals surface area contributed by atoms with Crippen LogP contribution in [0.25, 0.3) is 0 Å². The number of piperidine rings is 2. The number of H-pyrrole nitrogens is 1. The van der Waals surface area contributed by atoms with Crippen LogP contribution in [0.4, 0.5) is 0 Å². The summed E-state index contributed by atoms with van der Waals surface area (Å²) in [6.07, 6.45) is 10.2. The number of aromatic nitrogens is 2. The van der Waals surface area contributed by atoms with E-state index in [1.807, 2.05) is 12.4 Å². The summed E-state index contributed by atoms with van der Waals surface area (Å²) in [5.74, 6) is 2.65. The zero-order valence-corrected chi connectivity index (χ0v) is 15.0. The average molecular weight is 346 g/mol. The molecule has 0 aromatic carbocycles. The van der Waals surface area contributed by atoms with Crippen LogP contribution in [0.1, 0.15) is 50.3 Å². The van der Waals surface area contributed by atoms with E-state index in [1.165, 1.54) is 12.8 Å². The van der Waals surface area contributed by atoms with Crippen molar-refractivity contribution in [2.75, 3.05) is 32.8 Å². The van der Waals surface area contributed by atoms with Gasteiger partial charge in [0.25, 0.3) is 0 Å². The van der Waals surface area contributed by atoms with Gasteiger partial charge in [0.05, 0.1) is 12.0 Å². The Morgan fingerprint density at radius 2 is 2.00 bits per heavy atom. The van der Waals surface area contributed by atoms with Gasteiger partial charge in [0.2, 0.25) is 5.91 Å². The fourth-order valence-electron chi connectivity index (χ4n) is 4.72. The summed E-state index contributed by atoms with van der Waals surface area (Å²) in [5.41, 5.74) is 0. The number of imidazole rings is 1. The lowest BCUT2D eigenvalue weighted by molar-refractivity contribution is -0.138. The average Bonchev–Trinajstić information content (AvgIpc) is 3.34. The van der Waals surface area contributed by atoms with Crippen molar-refractivity contribution in [3.8, 4) is 0 Å². The predicted octanol–water partition coefficient (Wildman–Crippen LogP) is 1.91. The molecule has 2 N–H and O–H groups in total.